The first-order valence-electron chi connectivity index (χ1n) is 6.90. The second-order valence-corrected chi connectivity index (χ2v) is 6.81. The molecular weight excluding hydrogens is 334 g/mol. The summed E-state index contributed by atoms with van der Waals surface area (Å²) < 4.78 is 6.88. The molecule has 1 aromatic carbocycles. The number of carbonyl (C=O) groups is 1. The maximum absolute atomic E-state index is 10.6. The second kappa shape index (κ2) is 6.20. The van der Waals surface area contributed by atoms with Crippen molar-refractivity contribution in [3.8, 4) is 0 Å². The molecule has 5 heteroatoms. The molecule has 1 unspecified atom stereocenters. The summed E-state index contributed by atoms with van der Waals surface area (Å²) in [6.07, 6.45) is 2.90. The van der Waals surface area contributed by atoms with Gasteiger partial charge in [-0.05, 0) is 60.5 Å². The van der Waals surface area contributed by atoms with Crippen molar-refractivity contribution >= 4 is 33.7 Å². The number of morpholine rings is 1. The normalized spacial score (nSPS) is 21.7. The van der Waals surface area contributed by atoms with Crippen LogP contribution < -0.4 is 4.90 Å². The number of hydrogen-bond donors (Lipinski definition) is 1. The van der Waals surface area contributed by atoms with Gasteiger partial charge in [0.25, 0.3) is 0 Å². The van der Waals surface area contributed by atoms with Crippen LogP contribution in [0.15, 0.2) is 28.7 Å². The Morgan fingerprint density at radius 2 is 2.24 bits per heavy atom. The highest BCUT2D eigenvalue weighted by Gasteiger charge is 2.31. The standard InChI is InChI=1S/C16H20BrNO3/c1-11-9-18(10-16(2,3)21-11)14-6-4-12(8-13(14)17)5-7-15(19)20/h4-8,11H,9-10H2,1-3H3,(H,19,20)/b7-5+. The summed E-state index contributed by atoms with van der Waals surface area (Å²) in [4.78, 5) is 12.9. The first-order chi connectivity index (χ1) is 9.77. The number of anilines is 1. The fraction of sp³-hybridized carbons (Fsp3) is 0.438. The lowest BCUT2D eigenvalue weighted by Crippen LogP contribution is -2.52. The lowest BCUT2D eigenvalue weighted by molar-refractivity contribution is -0.131. The number of carboxylic acids is 1. The average Bonchev–Trinajstić information content (AvgIpc) is 2.33. The zero-order valence-corrected chi connectivity index (χ0v) is 14.1. The van der Waals surface area contributed by atoms with E-state index in [0.29, 0.717) is 0 Å². The predicted octanol–water partition coefficient (Wildman–Crippen LogP) is 3.55. The smallest absolute Gasteiger partial charge is 0.328 e. The maximum Gasteiger partial charge on any atom is 0.328 e. The van der Waals surface area contributed by atoms with Crippen molar-refractivity contribution in [3.63, 3.8) is 0 Å². The molecule has 0 aromatic heterocycles. The number of benzene rings is 1. The van der Waals surface area contributed by atoms with Crippen LogP contribution in [0.1, 0.15) is 26.3 Å². The summed E-state index contributed by atoms with van der Waals surface area (Å²) in [7, 11) is 0. The highest BCUT2D eigenvalue weighted by Crippen LogP contribution is 2.32. The molecule has 1 aromatic rings. The minimum atomic E-state index is -0.945. The number of nitrogens with zero attached hydrogens (tertiary/aromatic N) is 1. The van der Waals surface area contributed by atoms with E-state index in [2.05, 4.69) is 41.6 Å². The molecule has 1 aliphatic rings. The van der Waals surface area contributed by atoms with E-state index in [1.165, 1.54) is 0 Å². The Kier molecular flexibility index (Phi) is 4.74. The van der Waals surface area contributed by atoms with Crippen LogP contribution in [0.4, 0.5) is 5.69 Å². The molecule has 0 aliphatic carbocycles. The molecule has 4 nitrogen and oxygen atoms in total. The zero-order chi connectivity index (χ0) is 15.6. The van der Waals surface area contributed by atoms with Gasteiger partial charge in [-0.2, -0.15) is 0 Å². The number of carboxylic acid groups (broad SMARTS) is 1. The van der Waals surface area contributed by atoms with E-state index in [0.717, 1.165) is 34.9 Å². The van der Waals surface area contributed by atoms with E-state index in [9.17, 15) is 4.79 Å². The van der Waals surface area contributed by atoms with Crippen LogP contribution in [0, 0.1) is 0 Å². The predicted molar refractivity (Wildman–Crippen MR) is 87.7 cm³/mol. The maximum atomic E-state index is 10.6. The SMILES string of the molecule is CC1CN(c2ccc(/C=C/C(=O)O)cc2Br)CC(C)(C)O1. The van der Waals surface area contributed by atoms with Crippen molar-refractivity contribution in [2.45, 2.75) is 32.5 Å². The lowest BCUT2D eigenvalue weighted by atomic mass is 10.0. The van der Waals surface area contributed by atoms with E-state index < -0.39 is 5.97 Å². The molecule has 0 saturated carbocycles. The summed E-state index contributed by atoms with van der Waals surface area (Å²) in [5, 5.41) is 8.67. The van der Waals surface area contributed by atoms with E-state index in [1.807, 2.05) is 18.2 Å². The number of ether oxygens (including phenoxy) is 1. The van der Waals surface area contributed by atoms with Gasteiger partial charge >= 0.3 is 5.97 Å². The van der Waals surface area contributed by atoms with Crippen molar-refractivity contribution < 1.29 is 14.6 Å². The first kappa shape index (κ1) is 16.0. The minimum absolute atomic E-state index is 0.173. The molecule has 0 amide bonds. The molecule has 0 radical (unpaired) electrons. The van der Waals surface area contributed by atoms with Gasteiger partial charge in [-0.25, -0.2) is 4.79 Å². The first-order valence-corrected chi connectivity index (χ1v) is 7.69. The van der Waals surface area contributed by atoms with Crippen LogP contribution in [0.25, 0.3) is 6.08 Å². The fourth-order valence-corrected chi connectivity index (χ4v) is 3.34. The Morgan fingerprint density at radius 3 is 2.81 bits per heavy atom. The number of hydrogen-bond acceptors (Lipinski definition) is 3. The van der Waals surface area contributed by atoms with Crippen LogP contribution in [-0.4, -0.2) is 35.9 Å². The molecule has 1 N–H and O–H groups in total. The third-order valence-corrected chi connectivity index (χ3v) is 3.94. The Bertz CT molecular complexity index is 569. The summed E-state index contributed by atoms with van der Waals surface area (Å²) in [6, 6.07) is 5.87. The topological polar surface area (TPSA) is 49.8 Å². The monoisotopic (exact) mass is 353 g/mol. The van der Waals surface area contributed by atoms with Gasteiger partial charge in [-0.1, -0.05) is 6.07 Å². The van der Waals surface area contributed by atoms with Crippen molar-refractivity contribution in [1.82, 2.24) is 0 Å². The quantitative estimate of drug-likeness (QED) is 0.844. The number of aliphatic carboxylic acids is 1. The van der Waals surface area contributed by atoms with Gasteiger partial charge in [-0.15, -0.1) is 0 Å². The summed E-state index contributed by atoms with van der Waals surface area (Å²) in [6.45, 7) is 7.92. The van der Waals surface area contributed by atoms with E-state index >= 15 is 0 Å². The minimum Gasteiger partial charge on any atom is -0.478 e. The van der Waals surface area contributed by atoms with Gasteiger partial charge in [0.15, 0.2) is 0 Å². The zero-order valence-electron chi connectivity index (χ0n) is 12.5. The largest absolute Gasteiger partial charge is 0.478 e. The van der Waals surface area contributed by atoms with Crippen LogP contribution in [-0.2, 0) is 9.53 Å². The van der Waals surface area contributed by atoms with Gasteiger partial charge in [0.05, 0.1) is 17.4 Å². The van der Waals surface area contributed by atoms with Crippen molar-refractivity contribution in [1.29, 1.82) is 0 Å². The van der Waals surface area contributed by atoms with Crippen LogP contribution in [0.2, 0.25) is 0 Å². The molecule has 1 atom stereocenters. The molecular formula is C16H20BrNO3. The molecule has 21 heavy (non-hydrogen) atoms. The number of rotatable bonds is 3. The highest BCUT2D eigenvalue weighted by atomic mass is 79.9. The lowest BCUT2D eigenvalue weighted by Gasteiger charge is -2.43. The highest BCUT2D eigenvalue weighted by molar-refractivity contribution is 9.10. The van der Waals surface area contributed by atoms with Crippen molar-refractivity contribution in [2.75, 3.05) is 18.0 Å². The molecule has 1 saturated heterocycles. The molecule has 1 heterocycles. The molecule has 1 fully saturated rings. The summed E-state index contributed by atoms with van der Waals surface area (Å²) in [5.41, 5.74) is 1.78. The molecule has 1 aliphatic heterocycles. The molecule has 0 spiro atoms. The summed E-state index contributed by atoms with van der Waals surface area (Å²) >= 11 is 3.58. The van der Waals surface area contributed by atoms with Gasteiger partial charge < -0.3 is 14.7 Å². The van der Waals surface area contributed by atoms with Crippen LogP contribution in [0.3, 0.4) is 0 Å². The Morgan fingerprint density at radius 1 is 1.52 bits per heavy atom. The van der Waals surface area contributed by atoms with E-state index in [-0.39, 0.29) is 11.7 Å². The van der Waals surface area contributed by atoms with E-state index in [4.69, 9.17) is 9.84 Å². The van der Waals surface area contributed by atoms with Crippen molar-refractivity contribution in [3.05, 3.63) is 34.3 Å². The molecule has 2 rings (SSSR count). The van der Waals surface area contributed by atoms with Gasteiger partial charge in [0.2, 0.25) is 0 Å². The van der Waals surface area contributed by atoms with Gasteiger partial charge in [-0.3, -0.25) is 0 Å². The van der Waals surface area contributed by atoms with Gasteiger partial charge in [0, 0.05) is 23.6 Å². The van der Waals surface area contributed by atoms with Crippen molar-refractivity contribution in [2.24, 2.45) is 0 Å². The number of halogens is 1. The Labute approximate surface area is 133 Å². The third kappa shape index (κ3) is 4.32. The third-order valence-electron chi connectivity index (χ3n) is 3.30. The Balaban J connectivity index is 2.22. The molecule has 0 bridgehead atoms. The molecule has 114 valence electrons. The van der Waals surface area contributed by atoms with Gasteiger partial charge in [0.1, 0.15) is 0 Å². The summed E-state index contributed by atoms with van der Waals surface area (Å²) in [5.74, 6) is -0.945. The second-order valence-electron chi connectivity index (χ2n) is 5.95. The van der Waals surface area contributed by atoms with E-state index in [1.54, 1.807) is 6.08 Å². The van der Waals surface area contributed by atoms with Crippen LogP contribution in [0.5, 0.6) is 0 Å². The average molecular weight is 354 g/mol. The van der Waals surface area contributed by atoms with Crippen LogP contribution >= 0.6 is 15.9 Å². The Hall–Kier alpha value is -1.33. The fourth-order valence-electron chi connectivity index (χ4n) is 2.69.